The zero-order valence-electron chi connectivity index (χ0n) is 13.7. The minimum absolute atomic E-state index is 0.0528. The Labute approximate surface area is 146 Å². The van der Waals surface area contributed by atoms with Crippen LogP contribution in [0, 0.1) is 0 Å². The SMILES string of the molecule is CCC(C)NC(=O)c1cccc(C(=O)NCc2ccccc2Cl)n1. The Balaban J connectivity index is 2.03. The predicted molar refractivity (Wildman–Crippen MR) is 94.1 cm³/mol. The van der Waals surface area contributed by atoms with Crippen LogP contribution >= 0.6 is 11.6 Å². The van der Waals surface area contributed by atoms with Gasteiger partial charge in [-0.1, -0.05) is 42.8 Å². The van der Waals surface area contributed by atoms with E-state index in [0.29, 0.717) is 11.6 Å². The molecule has 0 radical (unpaired) electrons. The summed E-state index contributed by atoms with van der Waals surface area (Å²) in [5.74, 6) is -0.641. The lowest BCUT2D eigenvalue weighted by atomic mass is 10.2. The first kappa shape index (κ1) is 17.9. The Kier molecular flexibility index (Phi) is 6.32. The summed E-state index contributed by atoms with van der Waals surface area (Å²) in [6, 6.07) is 12.1. The molecule has 0 aliphatic carbocycles. The normalized spacial score (nSPS) is 11.6. The molecule has 126 valence electrons. The molecule has 1 aromatic heterocycles. The third-order valence-corrected chi connectivity index (χ3v) is 3.97. The van der Waals surface area contributed by atoms with E-state index in [1.807, 2.05) is 32.0 Å². The number of hydrogen-bond donors (Lipinski definition) is 2. The Morgan fingerprint density at radius 3 is 2.42 bits per heavy atom. The first-order valence-electron chi connectivity index (χ1n) is 7.80. The third kappa shape index (κ3) is 4.80. The fraction of sp³-hybridized carbons (Fsp3) is 0.278. The van der Waals surface area contributed by atoms with E-state index in [0.717, 1.165) is 12.0 Å². The smallest absolute Gasteiger partial charge is 0.270 e. The zero-order chi connectivity index (χ0) is 17.5. The van der Waals surface area contributed by atoms with E-state index >= 15 is 0 Å². The van der Waals surface area contributed by atoms with Crippen molar-refractivity contribution in [3.63, 3.8) is 0 Å². The predicted octanol–water partition coefficient (Wildman–Crippen LogP) is 3.19. The molecule has 2 amide bonds. The number of carbonyl (C=O) groups is 2. The molecule has 0 fully saturated rings. The molecule has 0 aliphatic heterocycles. The van der Waals surface area contributed by atoms with Crippen LogP contribution in [-0.4, -0.2) is 22.8 Å². The van der Waals surface area contributed by atoms with E-state index in [-0.39, 0.29) is 29.2 Å². The van der Waals surface area contributed by atoms with Gasteiger partial charge >= 0.3 is 0 Å². The summed E-state index contributed by atoms with van der Waals surface area (Å²) in [5.41, 5.74) is 1.23. The van der Waals surface area contributed by atoms with Crippen molar-refractivity contribution in [3.8, 4) is 0 Å². The van der Waals surface area contributed by atoms with Crippen molar-refractivity contribution in [1.82, 2.24) is 15.6 Å². The number of pyridine rings is 1. The van der Waals surface area contributed by atoms with Crippen LogP contribution in [0.2, 0.25) is 5.02 Å². The summed E-state index contributed by atoms with van der Waals surface area (Å²) in [5, 5.41) is 6.17. The maximum atomic E-state index is 12.2. The van der Waals surface area contributed by atoms with Crippen molar-refractivity contribution in [2.24, 2.45) is 0 Å². The van der Waals surface area contributed by atoms with Gasteiger partial charge in [0.1, 0.15) is 11.4 Å². The van der Waals surface area contributed by atoms with E-state index in [9.17, 15) is 9.59 Å². The third-order valence-electron chi connectivity index (χ3n) is 3.60. The molecule has 24 heavy (non-hydrogen) atoms. The molecule has 2 N–H and O–H groups in total. The molecule has 5 nitrogen and oxygen atoms in total. The maximum Gasteiger partial charge on any atom is 0.270 e. The van der Waals surface area contributed by atoms with Gasteiger partial charge in [-0.25, -0.2) is 4.98 Å². The molecular weight excluding hydrogens is 326 g/mol. The fourth-order valence-electron chi connectivity index (χ4n) is 2.00. The van der Waals surface area contributed by atoms with Gasteiger partial charge in [0.15, 0.2) is 0 Å². The standard InChI is InChI=1S/C18H20ClN3O2/c1-3-12(2)21-18(24)16-10-6-9-15(22-16)17(23)20-11-13-7-4-5-8-14(13)19/h4-10,12H,3,11H2,1-2H3,(H,20,23)(H,21,24). The molecule has 0 bridgehead atoms. The highest BCUT2D eigenvalue weighted by molar-refractivity contribution is 6.31. The molecule has 0 saturated carbocycles. The van der Waals surface area contributed by atoms with Crippen molar-refractivity contribution in [3.05, 3.63) is 64.4 Å². The summed E-state index contributed by atoms with van der Waals surface area (Å²) >= 11 is 6.06. The van der Waals surface area contributed by atoms with Crippen LogP contribution < -0.4 is 10.6 Å². The van der Waals surface area contributed by atoms with Crippen molar-refractivity contribution in [2.45, 2.75) is 32.9 Å². The number of rotatable bonds is 6. The molecule has 1 heterocycles. The molecule has 1 unspecified atom stereocenters. The van der Waals surface area contributed by atoms with E-state index < -0.39 is 0 Å². The van der Waals surface area contributed by atoms with Crippen molar-refractivity contribution in [2.75, 3.05) is 0 Å². The average molecular weight is 346 g/mol. The number of carbonyl (C=O) groups excluding carboxylic acids is 2. The Morgan fingerprint density at radius 2 is 1.75 bits per heavy atom. The Hall–Kier alpha value is -2.40. The largest absolute Gasteiger partial charge is 0.348 e. The number of halogens is 1. The first-order valence-corrected chi connectivity index (χ1v) is 8.18. The van der Waals surface area contributed by atoms with Crippen LogP contribution in [0.1, 0.15) is 46.8 Å². The van der Waals surface area contributed by atoms with Crippen molar-refractivity contribution >= 4 is 23.4 Å². The second-order valence-corrected chi connectivity index (χ2v) is 5.87. The van der Waals surface area contributed by atoms with E-state index in [1.165, 1.54) is 0 Å². The average Bonchev–Trinajstić information content (AvgIpc) is 2.60. The van der Waals surface area contributed by atoms with E-state index in [1.54, 1.807) is 24.3 Å². The van der Waals surface area contributed by atoms with Crippen LogP contribution in [0.5, 0.6) is 0 Å². The van der Waals surface area contributed by atoms with Crippen LogP contribution in [0.3, 0.4) is 0 Å². The lowest BCUT2D eigenvalue weighted by Gasteiger charge is -2.11. The first-order chi connectivity index (χ1) is 11.5. The second-order valence-electron chi connectivity index (χ2n) is 5.46. The minimum Gasteiger partial charge on any atom is -0.348 e. The van der Waals surface area contributed by atoms with Gasteiger partial charge in [0.25, 0.3) is 11.8 Å². The number of amides is 2. The lowest BCUT2D eigenvalue weighted by Crippen LogP contribution is -2.33. The maximum absolute atomic E-state index is 12.2. The van der Waals surface area contributed by atoms with Gasteiger partial charge in [-0.05, 0) is 37.1 Å². The number of aromatic nitrogens is 1. The fourth-order valence-corrected chi connectivity index (χ4v) is 2.20. The van der Waals surface area contributed by atoms with Gasteiger partial charge in [0.2, 0.25) is 0 Å². The summed E-state index contributed by atoms with van der Waals surface area (Å²) < 4.78 is 0. The number of nitrogens with one attached hydrogen (secondary N) is 2. The van der Waals surface area contributed by atoms with Gasteiger partial charge < -0.3 is 10.6 Å². The second kappa shape index (κ2) is 8.45. The lowest BCUT2D eigenvalue weighted by molar-refractivity contribution is 0.0933. The van der Waals surface area contributed by atoms with Gasteiger partial charge in [0, 0.05) is 17.6 Å². The molecule has 1 atom stereocenters. The van der Waals surface area contributed by atoms with Gasteiger partial charge in [-0.15, -0.1) is 0 Å². The molecule has 2 aromatic rings. The molecule has 2 rings (SSSR count). The summed E-state index contributed by atoms with van der Waals surface area (Å²) in [6.45, 7) is 4.19. The topological polar surface area (TPSA) is 71.1 Å². The van der Waals surface area contributed by atoms with E-state index in [4.69, 9.17) is 11.6 Å². The summed E-state index contributed by atoms with van der Waals surface area (Å²) in [6.07, 6.45) is 0.823. The molecule has 6 heteroatoms. The molecule has 1 aromatic carbocycles. The molecule has 0 aliphatic rings. The van der Waals surface area contributed by atoms with Crippen LogP contribution in [0.4, 0.5) is 0 Å². The number of benzene rings is 1. The Bertz CT molecular complexity index is 734. The number of hydrogen-bond acceptors (Lipinski definition) is 3. The van der Waals surface area contributed by atoms with Gasteiger partial charge in [0.05, 0.1) is 0 Å². The van der Waals surface area contributed by atoms with Crippen LogP contribution in [-0.2, 0) is 6.54 Å². The highest BCUT2D eigenvalue weighted by atomic mass is 35.5. The Morgan fingerprint density at radius 1 is 1.08 bits per heavy atom. The quantitative estimate of drug-likeness (QED) is 0.844. The van der Waals surface area contributed by atoms with E-state index in [2.05, 4.69) is 15.6 Å². The minimum atomic E-state index is -0.354. The van der Waals surface area contributed by atoms with Crippen LogP contribution in [0.15, 0.2) is 42.5 Å². The molecular formula is C18H20ClN3O2. The summed E-state index contributed by atoms with van der Waals surface area (Å²) in [4.78, 5) is 28.5. The highest BCUT2D eigenvalue weighted by Gasteiger charge is 2.13. The van der Waals surface area contributed by atoms with Crippen molar-refractivity contribution < 1.29 is 9.59 Å². The monoisotopic (exact) mass is 345 g/mol. The molecule has 0 spiro atoms. The molecule has 0 saturated heterocycles. The van der Waals surface area contributed by atoms with Crippen molar-refractivity contribution in [1.29, 1.82) is 0 Å². The zero-order valence-corrected chi connectivity index (χ0v) is 14.4. The highest BCUT2D eigenvalue weighted by Crippen LogP contribution is 2.14. The van der Waals surface area contributed by atoms with Gasteiger partial charge in [-0.3, -0.25) is 9.59 Å². The summed E-state index contributed by atoms with van der Waals surface area (Å²) in [7, 11) is 0. The van der Waals surface area contributed by atoms with Crippen LogP contribution in [0.25, 0.3) is 0 Å². The van der Waals surface area contributed by atoms with Gasteiger partial charge in [-0.2, -0.15) is 0 Å². The number of nitrogens with zero attached hydrogens (tertiary/aromatic N) is 1.